The first-order valence-electron chi connectivity index (χ1n) is 6.61. The number of nitrogens with two attached hydrogens (primary N) is 1. The van der Waals surface area contributed by atoms with Gasteiger partial charge in [0.2, 0.25) is 0 Å². The van der Waals surface area contributed by atoms with Gasteiger partial charge in [-0.05, 0) is 30.9 Å². The molecule has 1 fully saturated rings. The number of anilines is 1. The van der Waals surface area contributed by atoms with E-state index in [4.69, 9.17) is 11.1 Å². The van der Waals surface area contributed by atoms with E-state index in [9.17, 15) is 18.3 Å². The second kappa shape index (κ2) is 5.88. The Kier molecular flexibility index (Phi) is 4.36. The molecule has 0 radical (unpaired) electrons. The minimum atomic E-state index is -4.55. The van der Waals surface area contributed by atoms with Crippen molar-refractivity contribution in [2.24, 2.45) is 11.7 Å². The Morgan fingerprint density at radius 3 is 2.76 bits per heavy atom. The van der Waals surface area contributed by atoms with Crippen LogP contribution in [0.25, 0.3) is 0 Å². The minimum Gasteiger partial charge on any atom is -0.396 e. The lowest BCUT2D eigenvalue weighted by Crippen LogP contribution is -2.39. The summed E-state index contributed by atoms with van der Waals surface area (Å²) in [7, 11) is 0. The average molecular weight is 302 g/mol. The molecule has 0 bridgehead atoms. The third kappa shape index (κ3) is 3.44. The molecule has 8 heteroatoms. The molecule has 1 unspecified atom stereocenters. The summed E-state index contributed by atoms with van der Waals surface area (Å²) in [5, 5.41) is 16.7. The zero-order chi connectivity index (χ0) is 15.6. The van der Waals surface area contributed by atoms with Crippen LogP contribution in [0.1, 0.15) is 24.1 Å². The van der Waals surface area contributed by atoms with Gasteiger partial charge in [-0.3, -0.25) is 5.41 Å². The molecule has 2 rings (SSSR count). The molecule has 0 saturated carbocycles. The number of alkyl halides is 3. The van der Waals surface area contributed by atoms with Crippen LogP contribution in [0.5, 0.6) is 0 Å². The molecule has 0 aliphatic carbocycles. The van der Waals surface area contributed by atoms with Crippen LogP contribution in [0.15, 0.2) is 12.1 Å². The normalized spacial score (nSPS) is 19.6. The largest absolute Gasteiger partial charge is 0.433 e. The summed E-state index contributed by atoms with van der Waals surface area (Å²) in [5.74, 6) is -0.261. The number of pyridine rings is 1. The van der Waals surface area contributed by atoms with Crippen LogP contribution in [0.3, 0.4) is 0 Å². The zero-order valence-corrected chi connectivity index (χ0v) is 11.3. The number of rotatable bonds is 3. The average Bonchev–Trinajstić information content (AvgIpc) is 2.45. The van der Waals surface area contributed by atoms with E-state index < -0.39 is 11.9 Å². The fourth-order valence-electron chi connectivity index (χ4n) is 2.46. The van der Waals surface area contributed by atoms with Crippen molar-refractivity contribution in [1.29, 1.82) is 5.41 Å². The number of hydrogen-bond donors (Lipinski definition) is 3. The van der Waals surface area contributed by atoms with E-state index >= 15 is 0 Å². The van der Waals surface area contributed by atoms with E-state index in [0.717, 1.165) is 18.9 Å². The molecule has 1 aliphatic rings. The van der Waals surface area contributed by atoms with Crippen LogP contribution >= 0.6 is 0 Å². The zero-order valence-electron chi connectivity index (χ0n) is 11.3. The lowest BCUT2D eigenvalue weighted by Gasteiger charge is -2.34. The number of piperidine rings is 1. The molecular weight excluding hydrogens is 285 g/mol. The van der Waals surface area contributed by atoms with Gasteiger partial charge in [0.1, 0.15) is 17.3 Å². The quantitative estimate of drug-likeness (QED) is 0.584. The van der Waals surface area contributed by atoms with Crippen LogP contribution in [0.2, 0.25) is 0 Å². The highest BCUT2D eigenvalue weighted by Gasteiger charge is 2.34. The monoisotopic (exact) mass is 302 g/mol. The van der Waals surface area contributed by atoms with E-state index in [-0.39, 0.29) is 29.7 Å². The van der Waals surface area contributed by atoms with E-state index in [2.05, 4.69) is 4.98 Å². The number of nitrogens with zero attached hydrogens (tertiary/aromatic N) is 2. The smallest absolute Gasteiger partial charge is 0.396 e. The van der Waals surface area contributed by atoms with Crippen molar-refractivity contribution in [3.8, 4) is 0 Å². The first-order valence-corrected chi connectivity index (χ1v) is 6.61. The third-order valence-corrected chi connectivity index (χ3v) is 3.53. The molecule has 116 valence electrons. The Morgan fingerprint density at radius 1 is 1.48 bits per heavy atom. The first kappa shape index (κ1) is 15.6. The molecule has 1 aliphatic heterocycles. The van der Waals surface area contributed by atoms with Gasteiger partial charge in [0.05, 0.1) is 5.56 Å². The van der Waals surface area contributed by atoms with Crippen LogP contribution in [-0.4, -0.2) is 35.6 Å². The molecule has 21 heavy (non-hydrogen) atoms. The number of nitrogens with one attached hydrogen (secondary N) is 1. The summed E-state index contributed by atoms with van der Waals surface area (Å²) in [6.07, 6.45) is -2.97. The highest BCUT2D eigenvalue weighted by molar-refractivity contribution is 5.99. The van der Waals surface area contributed by atoms with Gasteiger partial charge in [-0.25, -0.2) is 4.98 Å². The second-order valence-corrected chi connectivity index (χ2v) is 5.12. The third-order valence-electron chi connectivity index (χ3n) is 3.53. The van der Waals surface area contributed by atoms with Crippen LogP contribution in [0.4, 0.5) is 19.0 Å². The Morgan fingerprint density at radius 2 is 2.19 bits per heavy atom. The first-order chi connectivity index (χ1) is 9.82. The van der Waals surface area contributed by atoms with Crippen LogP contribution in [-0.2, 0) is 6.18 Å². The van der Waals surface area contributed by atoms with Crippen molar-refractivity contribution in [2.45, 2.75) is 19.0 Å². The summed E-state index contributed by atoms with van der Waals surface area (Å²) in [6, 6.07) is 2.00. The summed E-state index contributed by atoms with van der Waals surface area (Å²) in [6.45, 7) is 0.918. The maximum absolute atomic E-state index is 12.8. The number of aliphatic hydroxyl groups excluding tert-OH is 1. The summed E-state index contributed by atoms with van der Waals surface area (Å²) >= 11 is 0. The molecule has 5 nitrogen and oxygen atoms in total. The van der Waals surface area contributed by atoms with Gasteiger partial charge < -0.3 is 15.7 Å². The molecule has 1 saturated heterocycles. The summed E-state index contributed by atoms with van der Waals surface area (Å²) in [4.78, 5) is 5.32. The Labute approximate surface area is 120 Å². The van der Waals surface area contributed by atoms with Crippen molar-refractivity contribution in [1.82, 2.24) is 4.98 Å². The van der Waals surface area contributed by atoms with E-state index in [0.29, 0.717) is 13.1 Å². The number of nitrogen functional groups attached to an aromatic ring is 1. The van der Waals surface area contributed by atoms with Crippen LogP contribution in [0, 0.1) is 11.3 Å². The highest BCUT2D eigenvalue weighted by Crippen LogP contribution is 2.31. The number of aliphatic hydroxyl groups is 1. The van der Waals surface area contributed by atoms with Gasteiger partial charge in [0.15, 0.2) is 0 Å². The van der Waals surface area contributed by atoms with Crippen molar-refractivity contribution >= 4 is 11.7 Å². The van der Waals surface area contributed by atoms with Crippen molar-refractivity contribution < 1.29 is 18.3 Å². The Hall–Kier alpha value is -1.83. The van der Waals surface area contributed by atoms with E-state index in [1.165, 1.54) is 6.07 Å². The van der Waals surface area contributed by atoms with Crippen LogP contribution < -0.4 is 10.6 Å². The SMILES string of the molecule is N=C(N)c1ccc(C(F)(F)F)nc1N1CCCC(CO)C1. The van der Waals surface area contributed by atoms with Crippen molar-refractivity contribution in [2.75, 3.05) is 24.6 Å². The van der Waals surface area contributed by atoms with Gasteiger partial charge in [-0.1, -0.05) is 0 Å². The number of amidine groups is 1. The standard InChI is InChI=1S/C13H17F3N4O/c14-13(15,16)10-4-3-9(11(17)18)12(19-10)20-5-1-2-8(6-20)7-21/h3-4,8,21H,1-2,5-7H2,(H3,17,18). The number of halogens is 3. The van der Waals surface area contributed by atoms with Crippen molar-refractivity contribution in [3.05, 3.63) is 23.4 Å². The molecule has 0 amide bonds. The summed E-state index contributed by atoms with van der Waals surface area (Å²) in [5.41, 5.74) is 4.61. The fourth-order valence-corrected chi connectivity index (χ4v) is 2.46. The molecule has 1 aromatic rings. The van der Waals surface area contributed by atoms with Gasteiger partial charge in [0, 0.05) is 19.7 Å². The lowest BCUT2D eigenvalue weighted by molar-refractivity contribution is -0.141. The Balaban J connectivity index is 2.41. The predicted octanol–water partition coefficient (Wildman–Crippen LogP) is 1.59. The van der Waals surface area contributed by atoms with Gasteiger partial charge in [0.25, 0.3) is 0 Å². The molecule has 1 atom stereocenters. The van der Waals surface area contributed by atoms with Gasteiger partial charge in [-0.15, -0.1) is 0 Å². The fraction of sp³-hybridized carbons (Fsp3) is 0.538. The number of aromatic nitrogens is 1. The molecule has 0 aromatic carbocycles. The van der Waals surface area contributed by atoms with Gasteiger partial charge >= 0.3 is 6.18 Å². The topological polar surface area (TPSA) is 86.2 Å². The predicted molar refractivity (Wildman–Crippen MR) is 72.3 cm³/mol. The molecule has 0 spiro atoms. The molecular formula is C13H17F3N4O. The summed E-state index contributed by atoms with van der Waals surface area (Å²) < 4.78 is 38.4. The van der Waals surface area contributed by atoms with Gasteiger partial charge in [-0.2, -0.15) is 13.2 Å². The molecule has 2 heterocycles. The maximum Gasteiger partial charge on any atom is 0.433 e. The molecule has 1 aromatic heterocycles. The lowest BCUT2D eigenvalue weighted by atomic mass is 9.98. The number of hydrogen-bond acceptors (Lipinski definition) is 4. The van der Waals surface area contributed by atoms with E-state index in [1.54, 1.807) is 4.90 Å². The Bertz CT molecular complexity index is 533. The molecule has 4 N–H and O–H groups in total. The van der Waals surface area contributed by atoms with E-state index in [1.807, 2.05) is 0 Å². The maximum atomic E-state index is 12.8. The minimum absolute atomic E-state index is 0.00472. The highest BCUT2D eigenvalue weighted by atomic mass is 19.4. The second-order valence-electron chi connectivity index (χ2n) is 5.12. The van der Waals surface area contributed by atoms with Crippen molar-refractivity contribution in [3.63, 3.8) is 0 Å².